The van der Waals surface area contributed by atoms with E-state index in [1.807, 2.05) is 34.6 Å². The molecular weight excluding hydrogens is 158 g/mol. The van der Waals surface area contributed by atoms with Crippen LogP contribution in [0.5, 0.6) is 0 Å². The highest BCUT2D eigenvalue weighted by Gasteiger charge is 2.43. The van der Waals surface area contributed by atoms with Crippen molar-refractivity contribution >= 4 is 0 Å². The third kappa shape index (κ3) is 2.17. The molecule has 2 unspecified atom stereocenters. The Labute approximate surface area is 73.1 Å². The van der Waals surface area contributed by atoms with Crippen LogP contribution in [0.2, 0.25) is 0 Å². The minimum Gasteiger partial charge on any atom is -0.341 e. The van der Waals surface area contributed by atoms with Gasteiger partial charge >= 0.3 is 0 Å². The van der Waals surface area contributed by atoms with E-state index in [2.05, 4.69) is 5.64 Å². The van der Waals surface area contributed by atoms with Crippen LogP contribution in [0.15, 0.2) is 0 Å². The molecule has 1 saturated heterocycles. The molecule has 1 aliphatic rings. The zero-order valence-electron chi connectivity index (χ0n) is 8.30. The Morgan fingerprint density at radius 3 is 2.33 bits per heavy atom. The van der Waals surface area contributed by atoms with Gasteiger partial charge in [0.2, 0.25) is 5.79 Å². The maximum Gasteiger partial charge on any atom is 0.216 e. The SMILES string of the molecule is CC1ONOC1(C)OC(C)(C)C. The van der Waals surface area contributed by atoms with E-state index in [-0.39, 0.29) is 11.7 Å². The van der Waals surface area contributed by atoms with Crippen molar-refractivity contribution in [3.05, 3.63) is 0 Å². The maximum absolute atomic E-state index is 5.69. The third-order valence-electron chi connectivity index (χ3n) is 1.72. The smallest absolute Gasteiger partial charge is 0.216 e. The van der Waals surface area contributed by atoms with Crippen molar-refractivity contribution in [2.45, 2.75) is 52.1 Å². The summed E-state index contributed by atoms with van der Waals surface area (Å²) in [6.45, 7) is 9.68. The number of hydrogen-bond donors (Lipinski definition) is 1. The fraction of sp³-hybridized carbons (Fsp3) is 1.00. The van der Waals surface area contributed by atoms with Crippen molar-refractivity contribution in [3.63, 3.8) is 0 Å². The average Bonchev–Trinajstić information content (AvgIpc) is 2.08. The lowest BCUT2D eigenvalue weighted by Crippen LogP contribution is -2.44. The number of rotatable bonds is 1. The van der Waals surface area contributed by atoms with E-state index < -0.39 is 5.79 Å². The van der Waals surface area contributed by atoms with Gasteiger partial charge in [0.1, 0.15) is 6.10 Å². The second-order valence-electron chi connectivity index (χ2n) is 4.18. The summed E-state index contributed by atoms with van der Waals surface area (Å²) in [5.74, 6) is -0.696. The number of ether oxygens (including phenoxy) is 1. The van der Waals surface area contributed by atoms with Gasteiger partial charge < -0.3 is 4.74 Å². The molecular formula is C8H17NO3. The van der Waals surface area contributed by atoms with Crippen molar-refractivity contribution in [2.75, 3.05) is 0 Å². The van der Waals surface area contributed by atoms with Crippen molar-refractivity contribution in [1.29, 1.82) is 0 Å². The summed E-state index contributed by atoms with van der Waals surface area (Å²) < 4.78 is 5.69. The topological polar surface area (TPSA) is 39.7 Å². The van der Waals surface area contributed by atoms with E-state index in [9.17, 15) is 0 Å². The highest BCUT2D eigenvalue weighted by atomic mass is 17.0. The van der Waals surface area contributed by atoms with Crippen LogP contribution in [0.3, 0.4) is 0 Å². The maximum atomic E-state index is 5.69. The Balaban J connectivity index is 2.60. The lowest BCUT2D eigenvalue weighted by Gasteiger charge is -2.32. The molecule has 4 nitrogen and oxygen atoms in total. The van der Waals surface area contributed by atoms with Gasteiger partial charge in [0.05, 0.1) is 5.60 Å². The van der Waals surface area contributed by atoms with E-state index in [0.29, 0.717) is 0 Å². The summed E-state index contributed by atoms with van der Waals surface area (Å²) in [6.07, 6.45) is -0.114. The minimum atomic E-state index is -0.696. The summed E-state index contributed by atoms with van der Waals surface area (Å²) >= 11 is 0. The van der Waals surface area contributed by atoms with Gasteiger partial charge in [0.15, 0.2) is 0 Å². The monoisotopic (exact) mass is 175 g/mol. The normalized spacial score (nSPS) is 37.2. The van der Waals surface area contributed by atoms with Gasteiger partial charge in [0.25, 0.3) is 0 Å². The molecule has 0 spiro atoms. The van der Waals surface area contributed by atoms with Gasteiger partial charge in [-0.1, -0.05) is 5.64 Å². The van der Waals surface area contributed by atoms with Crippen molar-refractivity contribution in [1.82, 2.24) is 5.64 Å². The minimum absolute atomic E-state index is 0.114. The van der Waals surface area contributed by atoms with Crippen molar-refractivity contribution in [3.8, 4) is 0 Å². The Hall–Kier alpha value is -0.160. The average molecular weight is 175 g/mol. The summed E-state index contributed by atoms with van der Waals surface area (Å²) in [5, 5.41) is 0. The van der Waals surface area contributed by atoms with Gasteiger partial charge in [-0.05, 0) is 34.6 Å². The molecule has 1 heterocycles. The third-order valence-corrected chi connectivity index (χ3v) is 1.72. The first kappa shape index (κ1) is 9.92. The highest BCUT2D eigenvalue weighted by Crippen LogP contribution is 2.28. The summed E-state index contributed by atoms with van der Waals surface area (Å²) in [7, 11) is 0. The molecule has 0 saturated carbocycles. The molecule has 0 aromatic heterocycles. The van der Waals surface area contributed by atoms with E-state index >= 15 is 0 Å². The second-order valence-corrected chi connectivity index (χ2v) is 4.18. The Bertz CT molecular complexity index is 166. The van der Waals surface area contributed by atoms with Crippen LogP contribution in [-0.2, 0) is 14.4 Å². The van der Waals surface area contributed by atoms with Crippen molar-refractivity contribution < 1.29 is 14.4 Å². The van der Waals surface area contributed by atoms with Crippen LogP contribution < -0.4 is 5.64 Å². The fourth-order valence-electron chi connectivity index (χ4n) is 1.08. The van der Waals surface area contributed by atoms with E-state index in [4.69, 9.17) is 14.4 Å². The van der Waals surface area contributed by atoms with Gasteiger partial charge in [-0.2, -0.15) is 0 Å². The predicted molar refractivity (Wildman–Crippen MR) is 44.0 cm³/mol. The second kappa shape index (κ2) is 2.96. The first-order valence-corrected chi connectivity index (χ1v) is 4.12. The van der Waals surface area contributed by atoms with Crippen LogP contribution in [0, 0.1) is 0 Å². The van der Waals surface area contributed by atoms with Gasteiger partial charge in [-0.3, -0.25) is 4.84 Å². The van der Waals surface area contributed by atoms with Crippen molar-refractivity contribution in [2.24, 2.45) is 0 Å². The molecule has 0 amide bonds. The zero-order chi connectivity index (χ0) is 9.41. The Morgan fingerprint density at radius 2 is 2.00 bits per heavy atom. The predicted octanol–water partition coefficient (Wildman–Crippen LogP) is 1.37. The lowest BCUT2D eigenvalue weighted by atomic mass is 10.1. The molecule has 72 valence electrons. The molecule has 0 bridgehead atoms. The van der Waals surface area contributed by atoms with E-state index in [1.165, 1.54) is 0 Å². The molecule has 0 aromatic carbocycles. The molecule has 0 aliphatic carbocycles. The van der Waals surface area contributed by atoms with E-state index in [0.717, 1.165) is 0 Å². The highest BCUT2D eigenvalue weighted by molar-refractivity contribution is 4.77. The van der Waals surface area contributed by atoms with Crippen LogP contribution in [-0.4, -0.2) is 17.5 Å². The van der Waals surface area contributed by atoms with Gasteiger partial charge in [-0.15, -0.1) is 0 Å². The number of nitrogens with one attached hydrogen (secondary N) is 1. The Kier molecular flexibility index (Phi) is 2.45. The van der Waals surface area contributed by atoms with Gasteiger partial charge in [0, 0.05) is 0 Å². The van der Waals surface area contributed by atoms with Crippen LogP contribution >= 0.6 is 0 Å². The molecule has 0 radical (unpaired) electrons. The Morgan fingerprint density at radius 1 is 1.42 bits per heavy atom. The molecule has 1 aliphatic heterocycles. The molecule has 1 fully saturated rings. The van der Waals surface area contributed by atoms with Crippen LogP contribution in [0.25, 0.3) is 0 Å². The molecule has 1 rings (SSSR count). The van der Waals surface area contributed by atoms with Crippen LogP contribution in [0.4, 0.5) is 0 Å². The molecule has 4 heteroatoms. The molecule has 2 atom stereocenters. The molecule has 1 N–H and O–H groups in total. The first-order valence-electron chi connectivity index (χ1n) is 4.12. The number of hydrogen-bond acceptors (Lipinski definition) is 4. The summed E-state index contributed by atoms with van der Waals surface area (Å²) in [5.41, 5.74) is 2.12. The summed E-state index contributed by atoms with van der Waals surface area (Å²) in [6, 6.07) is 0. The van der Waals surface area contributed by atoms with Gasteiger partial charge in [-0.25, -0.2) is 4.84 Å². The fourth-order valence-corrected chi connectivity index (χ4v) is 1.08. The zero-order valence-corrected chi connectivity index (χ0v) is 8.30. The van der Waals surface area contributed by atoms with Crippen LogP contribution in [0.1, 0.15) is 34.6 Å². The molecule has 12 heavy (non-hydrogen) atoms. The quantitative estimate of drug-likeness (QED) is 0.653. The lowest BCUT2D eigenvalue weighted by molar-refractivity contribution is -0.269. The standard InChI is InChI=1S/C8H17NO3/c1-6-8(5,12-9-10-6)11-7(2,3)4/h6,9H,1-5H3. The molecule has 0 aromatic rings. The van der Waals surface area contributed by atoms with E-state index in [1.54, 1.807) is 0 Å². The largest absolute Gasteiger partial charge is 0.341 e. The first-order chi connectivity index (χ1) is 5.33. The summed E-state index contributed by atoms with van der Waals surface area (Å²) in [4.78, 5) is 10.2.